The van der Waals surface area contributed by atoms with Gasteiger partial charge in [-0.25, -0.2) is 0 Å². The molecule has 6 N–H and O–H groups in total. The van der Waals surface area contributed by atoms with Gasteiger partial charge < -0.3 is 26.9 Å². The fourth-order valence-corrected chi connectivity index (χ4v) is 2.38. The zero-order valence-corrected chi connectivity index (χ0v) is 14.8. The SMILES string of the molecule is NN=CNc1cccc(C(=O)NCC(=O)NC(CC(=O)O)c2cccnc2)c1. The van der Waals surface area contributed by atoms with Gasteiger partial charge in [-0.2, -0.15) is 5.10 Å². The van der Waals surface area contributed by atoms with Gasteiger partial charge in [0.15, 0.2) is 0 Å². The minimum atomic E-state index is -1.07. The molecule has 0 aliphatic carbocycles. The normalized spacial score (nSPS) is 11.6. The highest BCUT2D eigenvalue weighted by Crippen LogP contribution is 2.15. The van der Waals surface area contributed by atoms with Gasteiger partial charge in [-0.1, -0.05) is 12.1 Å². The van der Waals surface area contributed by atoms with Crippen molar-refractivity contribution in [1.82, 2.24) is 15.6 Å². The molecule has 0 radical (unpaired) electrons. The summed E-state index contributed by atoms with van der Waals surface area (Å²) < 4.78 is 0. The van der Waals surface area contributed by atoms with Crippen molar-refractivity contribution in [1.29, 1.82) is 0 Å². The van der Waals surface area contributed by atoms with E-state index in [9.17, 15) is 14.4 Å². The lowest BCUT2D eigenvalue weighted by molar-refractivity contribution is -0.137. The predicted octanol–water partition coefficient (Wildman–Crippen LogP) is 0.458. The van der Waals surface area contributed by atoms with E-state index in [4.69, 9.17) is 10.9 Å². The molecule has 1 atom stereocenters. The standard InChI is InChI=1S/C18H20N6O4/c19-23-11-22-14-5-1-3-12(7-14)18(28)21-10-16(25)24-15(8-17(26)27)13-4-2-6-20-9-13/h1-7,9,11,15H,8,10,19H2,(H,21,28)(H,22,23)(H,24,25)(H,26,27). The van der Waals surface area contributed by atoms with E-state index in [0.29, 0.717) is 16.8 Å². The number of anilines is 1. The molecule has 2 amide bonds. The van der Waals surface area contributed by atoms with Crippen LogP contribution in [0.5, 0.6) is 0 Å². The van der Waals surface area contributed by atoms with Crippen LogP contribution in [0, 0.1) is 0 Å². The zero-order valence-electron chi connectivity index (χ0n) is 14.8. The van der Waals surface area contributed by atoms with Crippen molar-refractivity contribution in [2.45, 2.75) is 12.5 Å². The third-order valence-electron chi connectivity index (χ3n) is 3.64. The lowest BCUT2D eigenvalue weighted by atomic mass is 10.1. The highest BCUT2D eigenvalue weighted by Gasteiger charge is 2.18. The molecule has 0 spiro atoms. The monoisotopic (exact) mass is 384 g/mol. The van der Waals surface area contributed by atoms with Crippen LogP contribution in [0.1, 0.15) is 28.4 Å². The number of hydrazone groups is 1. The van der Waals surface area contributed by atoms with Crippen LogP contribution in [0.2, 0.25) is 0 Å². The molecule has 0 saturated heterocycles. The minimum absolute atomic E-state index is 0.304. The molecular weight excluding hydrogens is 364 g/mol. The van der Waals surface area contributed by atoms with Gasteiger partial charge in [0, 0.05) is 23.6 Å². The Morgan fingerprint density at radius 1 is 1.25 bits per heavy atom. The van der Waals surface area contributed by atoms with E-state index in [1.54, 1.807) is 42.6 Å². The first-order valence-electron chi connectivity index (χ1n) is 8.27. The summed E-state index contributed by atoms with van der Waals surface area (Å²) in [5.41, 5.74) is 1.49. The van der Waals surface area contributed by atoms with Crippen LogP contribution >= 0.6 is 0 Å². The van der Waals surface area contributed by atoms with Crippen LogP contribution in [0.15, 0.2) is 53.9 Å². The quantitative estimate of drug-likeness (QED) is 0.182. The van der Waals surface area contributed by atoms with Gasteiger partial charge in [0.25, 0.3) is 5.91 Å². The molecule has 2 aromatic rings. The summed E-state index contributed by atoms with van der Waals surface area (Å²) in [7, 11) is 0. The molecule has 0 fully saturated rings. The van der Waals surface area contributed by atoms with E-state index in [-0.39, 0.29) is 13.0 Å². The van der Waals surface area contributed by atoms with Crippen LogP contribution in [-0.2, 0) is 9.59 Å². The number of hydrogen-bond donors (Lipinski definition) is 5. The summed E-state index contributed by atoms with van der Waals surface area (Å²) in [4.78, 5) is 39.4. The number of benzene rings is 1. The molecule has 0 saturated carbocycles. The van der Waals surface area contributed by atoms with Crippen LogP contribution in [0.3, 0.4) is 0 Å². The molecule has 0 bridgehead atoms. The van der Waals surface area contributed by atoms with Crippen LogP contribution in [0.4, 0.5) is 5.69 Å². The van der Waals surface area contributed by atoms with Crippen LogP contribution in [0.25, 0.3) is 0 Å². The highest BCUT2D eigenvalue weighted by molar-refractivity contribution is 5.97. The molecule has 10 nitrogen and oxygen atoms in total. The second-order valence-electron chi connectivity index (χ2n) is 5.69. The Morgan fingerprint density at radius 2 is 2.07 bits per heavy atom. The number of carbonyl (C=O) groups is 3. The molecule has 2 rings (SSSR count). The smallest absolute Gasteiger partial charge is 0.305 e. The molecule has 0 aliphatic heterocycles. The minimum Gasteiger partial charge on any atom is -0.481 e. The zero-order chi connectivity index (χ0) is 20.4. The Kier molecular flexibility index (Phi) is 7.46. The second-order valence-corrected chi connectivity index (χ2v) is 5.69. The van der Waals surface area contributed by atoms with E-state index in [0.717, 1.165) is 0 Å². The average Bonchev–Trinajstić information content (AvgIpc) is 2.70. The summed E-state index contributed by atoms with van der Waals surface area (Å²) in [5, 5.41) is 20.2. The number of carbonyl (C=O) groups excluding carboxylic acids is 2. The van der Waals surface area contributed by atoms with Gasteiger partial charge in [-0.3, -0.25) is 19.4 Å². The maximum absolute atomic E-state index is 12.2. The number of amides is 2. The van der Waals surface area contributed by atoms with Gasteiger partial charge >= 0.3 is 5.97 Å². The number of nitrogens with zero attached hydrogens (tertiary/aromatic N) is 2. The predicted molar refractivity (Wildman–Crippen MR) is 102 cm³/mol. The van der Waals surface area contributed by atoms with E-state index in [1.807, 2.05) is 0 Å². The van der Waals surface area contributed by atoms with Crippen LogP contribution < -0.4 is 21.8 Å². The maximum atomic E-state index is 12.2. The molecule has 1 heterocycles. The molecule has 1 unspecified atom stereocenters. The molecule has 28 heavy (non-hydrogen) atoms. The fourth-order valence-electron chi connectivity index (χ4n) is 2.38. The summed E-state index contributed by atoms with van der Waals surface area (Å²) in [6.07, 6.45) is 3.99. The van der Waals surface area contributed by atoms with E-state index in [2.05, 4.69) is 26.0 Å². The summed E-state index contributed by atoms with van der Waals surface area (Å²) in [6.45, 7) is -0.308. The topological polar surface area (TPSA) is 159 Å². The van der Waals surface area contributed by atoms with E-state index >= 15 is 0 Å². The number of aliphatic carboxylic acids is 1. The Balaban J connectivity index is 1.94. The van der Waals surface area contributed by atoms with Crippen molar-refractivity contribution in [3.8, 4) is 0 Å². The number of carboxylic acids is 1. The lowest BCUT2D eigenvalue weighted by Crippen LogP contribution is -2.39. The number of nitrogens with two attached hydrogens (primary N) is 1. The van der Waals surface area contributed by atoms with Crippen LogP contribution in [-0.4, -0.2) is 40.8 Å². The molecule has 146 valence electrons. The number of carboxylic acid groups (broad SMARTS) is 1. The highest BCUT2D eigenvalue weighted by atomic mass is 16.4. The van der Waals surface area contributed by atoms with Gasteiger partial charge in [0.05, 0.1) is 19.0 Å². The number of nitrogens with one attached hydrogen (secondary N) is 3. The lowest BCUT2D eigenvalue weighted by Gasteiger charge is -2.17. The average molecular weight is 384 g/mol. The summed E-state index contributed by atoms with van der Waals surface area (Å²) >= 11 is 0. The number of pyridine rings is 1. The van der Waals surface area contributed by atoms with Crippen molar-refractivity contribution in [2.24, 2.45) is 10.9 Å². The Labute approximate surface area is 160 Å². The third kappa shape index (κ3) is 6.41. The third-order valence-corrected chi connectivity index (χ3v) is 3.64. The molecule has 1 aromatic heterocycles. The number of rotatable bonds is 9. The van der Waals surface area contributed by atoms with Crippen molar-refractivity contribution in [3.05, 3.63) is 59.9 Å². The van der Waals surface area contributed by atoms with E-state index in [1.165, 1.54) is 12.5 Å². The molecule has 10 heteroatoms. The summed E-state index contributed by atoms with van der Waals surface area (Å²) in [6, 6.07) is 9.09. The second kappa shape index (κ2) is 10.3. The summed E-state index contributed by atoms with van der Waals surface area (Å²) in [5.74, 6) is 2.96. The number of aromatic nitrogens is 1. The molecule has 1 aromatic carbocycles. The van der Waals surface area contributed by atoms with Crippen molar-refractivity contribution in [2.75, 3.05) is 11.9 Å². The van der Waals surface area contributed by atoms with Crippen molar-refractivity contribution in [3.63, 3.8) is 0 Å². The Morgan fingerprint density at radius 3 is 2.75 bits per heavy atom. The van der Waals surface area contributed by atoms with Crippen molar-refractivity contribution < 1.29 is 19.5 Å². The Hall–Kier alpha value is -3.95. The Bertz CT molecular complexity index is 856. The first-order chi connectivity index (χ1) is 13.5. The first kappa shape index (κ1) is 20.4. The largest absolute Gasteiger partial charge is 0.481 e. The van der Waals surface area contributed by atoms with Gasteiger partial charge in [0.2, 0.25) is 5.91 Å². The maximum Gasteiger partial charge on any atom is 0.305 e. The fraction of sp³-hybridized carbons (Fsp3) is 0.167. The molecular formula is C18H20N6O4. The number of hydrogen-bond acceptors (Lipinski definition) is 6. The van der Waals surface area contributed by atoms with Crippen molar-refractivity contribution >= 4 is 29.8 Å². The van der Waals surface area contributed by atoms with Gasteiger partial charge in [-0.15, -0.1) is 0 Å². The van der Waals surface area contributed by atoms with Gasteiger partial charge in [0.1, 0.15) is 6.34 Å². The molecule has 0 aliphatic rings. The first-order valence-corrected chi connectivity index (χ1v) is 8.27. The van der Waals surface area contributed by atoms with Gasteiger partial charge in [-0.05, 0) is 29.8 Å². The van der Waals surface area contributed by atoms with E-state index < -0.39 is 23.8 Å².